The number of hydrogen-bond acceptors (Lipinski definition) is 3. The lowest BCUT2D eigenvalue weighted by Crippen LogP contribution is -2.29. The molecule has 23 heavy (non-hydrogen) atoms. The first-order valence-corrected chi connectivity index (χ1v) is 7.86. The van der Waals surface area contributed by atoms with E-state index in [1.54, 1.807) is 6.33 Å². The molecule has 0 saturated carbocycles. The van der Waals surface area contributed by atoms with Gasteiger partial charge in [0.1, 0.15) is 0 Å². The summed E-state index contributed by atoms with van der Waals surface area (Å²) in [6.07, 6.45) is 3.57. The van der Waals surface area contributed by atoms with Crippen molar-refractivity contribution >= 4 is 5.69 Å². The van der Waals surface area contributed by atoms with Gasteiger partial charge in [-0.25, -0.2) is 4.98 Å². The number of H-pyrrole nitrogens is 1. The Morgan fingerprint density at radius 1 is 1.09 bits per heavy atom. The topological polar surface area (TPSA) is 57.9 Å². The largest absolute Gasteiger partial charge is 0.364 e. The number of nitrogens with two attached hydrogens (primary N) is 1. The quantitative estimate of drug-likeness (QED) is 0.734. The highest BCUT2D eigenvalue weighted by atomic mass is 15.1. The fraction of sp³-hybridized carbons (Fsp3) is 0.211. The van der Waals surface area contributed by atoms with Gasteiger partial charge < -0.3 is 15.6 Å². The number of nitrogens with zero attached hydrogens (tertiary/aromatic N) is 2. The molecule has 0 spiro atoms. The highest BCUT2D eigenvalue weighted by Gasteiger charge is 2.11. The number of imidazole rings is 1. The lowest BCUT2D eigenvalue weighted by atomic mass is 10.0. The Hall–Kier alpha value is -2.59. The summed E-state index contributed by atoms with van der Waals surface area (Å²) < 4.78 is 0. The maximum Gasteiger partial charge on any atom is 0.0922 e. The molecule has 0 aliphatic heterocycles. The van der Waals surface area contributed by atoms with Gasteiger partial charge in [-0.2, -0.15) is 0 Å². The summed E-state index contributed by atoms with van der Waals surface area (Å²) in [7, 11) is 0. The fourth-order valence-corrected chi connectivity index (χ4v) is 2.84. The number of nitrogens with one attached hydrogen (secondary N) is 1. The highest BCUT2D eigenvalue weighted by molar-refractivity contribution is 5.68. The van der Waals surface area contributed by atoms with Crippen molar-refractivity contribution in [3.05, 3.63) is 72.3 Å². The first-order valence-electron chi connectivity index (χ1n) is 7.86. The predicted molar refractivity (Wildman–Crippen MR) is 95.3 cm³/mol. The summed E-state index contributed by atoms with van der Waals surface area (Å²) >= 11 is 0. The van der Waals surface area contributed by atoms with Crippen molar-refractivity contribution < 1.29 is 0 Å². The maximum absolute atomic E-state index is 5.80. The van der Waals surface area contributed by atoms with Crippen molar-refractivity contribution in [2.45, 2.75) is 13.5 Å². The molecule has 0 radical (unpaired) electrons. The minimum absolute atomic E-state index is 0.619. The second kappa shape index (κ2) is 7.11. The molecule has 0 atom stereocenters. The van der Waals surface area contributed by atoms with Crippen molar-refractivity contribution in [2.24, 2.45) is 5.73 Å². The van der Waals surface area contributed by atoms with E-state index in [9.17, 15) is 0 Å². The van der Waals surface area contributed by atoms with E-state index in [2.05, 4.69) is 64.3 Å². The van der Waals surface area contributed by atoms with E-state index in [1.165, 1.54) is 22.4 Å². The molecule has 4 nitrogen and oxygen atoms in total. The Morgan fingerprint density at radius 3 is 2.57 bits per heavy atom. The molecule has 3 aromatic rings. The number of rotatable bonds is 6. The van der Waals surface area contributed by atoms with E-state index in [4.69, 9.17) is 5.73 Å². The van der Waals surface area contributed by atoms with Crippen molar-refractivity contribution in [2.75, 3.05) is 18.0 Å². The Balaban J connectivity index is 1.88. The number of hydrogen-bond donors (Lipinski definition) is 2. The second-order valence-corrected chi connectivity index (χ2v) is 5.65. The summed E-state index contributed by atoms with van der Waals surface area (Å²) in [5.74, 6) is 0. The summed E-state index contributed by atoms with van der Waals surface area (Å²) in [5, 5.41) is 0. The van der Waals surface area contributed by atoms with Gasteiger partial charge in [-0.15, -0.1) is 0 Å². The van der Waals surface area contributed by atoms with E-state index >= 15 is 0 Å². The molecule has 0 aliphatic rings. The van der Waals surface area contributed by atoms with Crippen LogP contribution in [-0.4, -0.2) is 23.1 Å². The number of aromatic nitrogens is 2. The van der Waals surface area contributed by atoms with Gasteiger partial charge in [0, 0.05) is 25.0 Å². The monoisotopic (exact) mass is 306 g/mol. The van der Waals surface area contributed by atoms with Crippen LogP contribution in [-0.2, 0) is 6.54 Å². The van der Waals surface area contributed by atoms with Crippen LogP contribution in [0.4, 0.5) is 5.69 Å². The van der Waals surface area contributed by atoms with E-state index in [0.717, 1.165) is 18.8 Å². The van der Waals surface area contributed by atoms with Crippen LogP contribution in [0.3, 0.4) is 0 Å². The third-order valence-corrected chi connectivity index (χ3v) is 3.96. The smallest absolute Gasteiger partial charge is 0.0922 e. The van der Waals surface area contributed by atoms with Gasteiger partial charge in [0.2, 0.25) is 0 Å². The van der Waals surface area contributed by atoms with E-state index in [0.29, 0.717) is 6.54 Å². The molecular weight excluding hydrogens is 284 g/mol. The molecule has 0 amide bonds. The van der Waals surface area contributed by atoms with Gasteiger partial charge in [-0.05, 0) is 35.7 Å². The highest BCUT2D eigenvalue weighted by Crippen LogP contribution is 2.27. The normalized spacial score (nSPS) is 10.7. The SMILES string of the molecule is Cc1cc(-c2ccccc2)ccc1N(CCN)Cc1cnc[nH]1. The molecule has 1 aromatic heterocycles. The Morgan fingerprint density at radius 2 is 1.91 bits per heavy atom. The zero-order chi connectivity index (χ0) is 16.1. The van der Waals surface area contributed by atoms with Gasteiger partial charge in [-0.1, -0.05) is 36.4 Å². The van der Waals surface area contributed by atoms with Gasteiger partial charge in [-0.3, -0.25) is 0 Å². The number of anilines is 1. The fourth-order valence-electron chi connectivity index (χ4n) is 2.84. The molecule has 0 saturated heterocycles. The molecule has 2 aromatic carbocycles. The van der Waals surface area contributed by atoms with Crippen molar-refractivity contribution in [1.29, 1.82) is 0 Å². The number of aryl methyl sites for hydroxylation is 1. The lowest BCUT2D eigenvalue weighted by Gasteiger charge is -2.26. The zero-order valence-corrected chi connectivity index (χ0v) is 13.4. The molecule has 0 bridgehead atoms. The van der Waals surface area contributed by atoms with Gasteiger partial charge in [0.15, 0.2) is 0 Å². The first kappa shape index (κ1) is 15.3. The minimum Gasteiger partial charge on any atom is -0.364 e. The standard InChI is InChI=1S/C19H22N4/c1-15-11-17(16-5-3-2-4-6-16)7-8-19(15)23(10-9-20)13-18-12-21-14-22-18/h2-8,11-12,14H,9-10,13,20H2,1H3,(H,21,22). The van der Waals surface area contributed by atoms with Gasteiger partial charge in [0.25, 0.3) is 0 Å². The maximum atomic E-state index is 5.80. The average molecular weight is 306 g/mol. The summed E-state index contributed by atoms with van der Waals surface area (Å²) in [6, 6.07) is 17.0. The summed E-state index contributed by atoms with van der Waals surface area (Å²) in [4.78, 5) is 9.54. The minimum atomic E-state index is 0.619. The van der Waals surface area contributed by atoms with E-state index in [1.807, 2.05) is 12.3 Å². The van der Waals surface area contributed by atoms with Crippen molar-refractivity contribution in [3.8, 4) is 11.1 Å². The van der Waals surface area contributed by atoms with Crippen LogP contribution in [0.2, 0.25) is 0 Å². The number of aromatic amines is 1. The van der Waals surface area contributed by atoms with Crippen LogP contribution >= 0.6 is 0 Å². The third kappa shape index (κ3) is 3.60. The van der Waals surface area contributed by atoms with E-state index in [-0.39, 0.29) is 0 Å². The molecule has 0 fully saturated rings. The molecular formula is C19H22N4. The number of benzene rings is 2. The first-order chi connectivity index (χ1) is 11.3. The van der Waals surface area contributed by atoms with Gasteiger partial charge >= 0.3 is 0 Å². The zero-order valence-electron chi connectivity index (χ0n) is 13.4. The predicted octanol–water partition coefficient (Wildman–Crippen LogP) is 3.35. The van der Waals surface area contributed by atoms with Gasteiger partial charge in [0.05, 0.1) is 18.6 Å². The van der Waals surface area contributed by atoms with Crippen LogP contribution in [0, 0.1) is 6.92 Å². The Kier molecular flexibility index (Phi) is 4.74. The van der Waals surface area contributed by atoms with Crippen LogP contribution < -0.4 is 10.6 Å². The Labute approximate surface area is 137 Å². The molecule has 3 N–H and O–H groups in total. The van der Waals surface area contributed by atoms with Crippen LogP contribution in [0.25, 0.3) is 11.1 Å². The molecule has 0 unspecified atom stereocenters. The van der Waals surface area contributed by atoms with Crippen LogP contribution in [0.15, 0.2) is 61.1 Å². The molecule has 4 heteroatoms. The molecule has 1 heterocycles. The molecule has 3 rings (SSSR count). The Bertz CT molecular complexity index is 735. The molecule has 118 valence electrons. The second-order valence-electron chi connectivity index (χ2n) is 5.65. The average Bonchev–Trinajstić information content (AvgIpc) is 3.08. The van der Waals surface area contributed by atoms with Crippen LogP contribution in [0.1, 0.15) is 11.3 Å². The lowest BCUT2D eigenvalue weighted by molar-refractivity contribution is 0.775. The van der Waals surface area contributed by atoms with Crippen molar-refractivity contribution in [1.82, 2.24) is 9.97 Å². The van der Waals surface area contributed by atoms with Crippen LogP contribution in [0.5, 0.6) is 0 Å². The van der Waals surface area contributed by atoms with Crippen molar-refractivity contribution in [3.63, 3.8) is 0 Å². The third-order valence-electron chi connectivity index (χ3n) is 3.96. The van der Waals surface area contributed by atoms with E-state index < -0.39 is 0 Å². The summed E-state index contributed by atoms with van der Waals surface area (Å²) in [6.45, 7) is 4.36. The molecule has 0 aliphatic carbocycles. The summed E-state index contributed by atoms with van der Waals surface area (Å²) in [5.41, 5.74) is 11.8.